The Hall–Kier alpha value is -2.91. The molecule has 26 heavy (non-hydrogen) atoms. The fraction of sp³-hybridized carbons (Fsp3) is 0.174. The van der Waals surface area contributed by atoms with E-state index in [4.69, 9.17) is 0 Å². The maximum absolute atomic E-state index is 12.8. The van der Waals surface area contributed by atoms with Gasteiger partial charge in [0.1, 0.15) is 6.04 Å². The van der Waals surface area contributed by atoms with Crippen LogP contribution < -0.4 is 10.6 Å². The van der Waals surface area contributed by atoms with Gasteiger partial charge in [-0.1, -0.05) is 78.9 Å². The predicted octanol–water partition coefficient (Wildman–Crippen LogP) is 4.59. The largest absolute Gasteiger partial charge is 0.324 e. The number of carbonyl (C=O) groups is 1. The zero-order valence-corrected chi connectivity index (χ0v) is 14.8. The highest BCUT2D eigenvalue weighted by molar-refractivity contribution is 5.95. The zero-order valence-electron chi connectivity index (χ0n) is 14.8. The highest BCUT2D eigenvalue weighted by atomic mass is 16.2. The lowest BCUT2D eigenvalue weighted by atomic mass is 10.1. The van der Waals surface area contributed by atoms with Crippen molar-refractivity contribution in [3.63, 3.8) is 0 Å². The average Bonchev–Trinajstić information content (AvgIpc) is 2.70. The molecule has 3 heteroatoms. The predicted molar refractivity (Wildman–Crippen MR) is 107 cm³/mol. The number of hydrogen-bond donors (Lipinski definition) is 2. The molecule has 2 N–H and O–H groups in total. The fourth-order valence-corrected chi connectivity index (χ4v) is 2.93. The topological polar surface area (TPSA) is 41.1 Å². The molecule has 132 valence electrons. The first-order chi connectivity index (χ1) is 12.8. The van der Waals surface area contributed by atoms with Gasteiger partial charge in [-0.05, 0) is 42.6 Å². The molecule has 0 saturated heterocycles. The minimum Gasteiger partial charge on any atom is -0.324 e. The van der Waals surface area contributed by atoms with Crippen molar-refractivity contribution in [1.82, 2.24) is 5.32 Å². The van der Waals surface area contributed by atoms with Crippen molar-refractivity contribution in [2.24, 2.45) is 0 Å². The van der Waals surface area contributed by atoms with E-state index >= 15 is 0 Å². The lowest BCUT2D eigenvalue weighted by Crippen LogP contribution is -2.33. The van der Waals surface area contributed by atoms with Crippen LogP contribution in [0.2, 0.25) is 0 Å². The minimum absolute atomic E-state index is 0.0397. The average molecular weight is 344 g/mol. The van der Waals surface area contributed by atoms with Crippen LogP contribution in [0, 0.1) is 0 Å². The van der Waals surface area contributed by atoms with Gasteiger partial charge in [-0.15, -0.1) is 0 Å². The van der Waals surface area contributed by atoms with Crippen LogP contribution >= 0.6 is 0 Å². The molecule has 0 radical (unpaired) electrons. The third-order valence-corrected chi connectivity index (χ3v) is 4.27. The van der Waals surface area contributed by atoms with Crippen LogP contribution in [0.15, 0.2) is 91.0 Å². The van der Waals surface area contributed by atoms with E-state index in [1.54, 1.807) is 0 Å². The summed E-state index contributed by atoms with van der Waals surface area (Å²) in [6, 6.07) is 29.5. The van der Waals surface area contributed by atoms with Crippen molar-refractivity contribution >= 4 is 11.6 Å². The van der Waals surface area contributed by atoms with E-state index in [2.05, 4.69) is 34.9 Å². The van der Waals surface area contributed by atoms with E-state index < -0.39 is 0 Å². The fourth-order valence-electron chi connectivity index (χ4n) is 2.93. The third-order valence-electron chi connectivity index (χ3n) is 4.27. The number of nitrogens with one attached hydrogen (secondary N) is 2. The Morgan fingerprint density at radius 3 is 2.00 bits per heavy atom. The zero-order chi connectivity index (χ0) is 18.0. The van der Waals surface area contributed by atoms with E-state index in [1.165, 1.54) is 5.56 Å². The Morgan fingerprint density at radius 1 is 0.769 bits per heavy atom. The Labute approximate surface area is 155 Å². The van der Waals surface area contributed by atoms with Crippen molar-refractivity contribution in [3.05, 3.63) is 102 Å². The summed E-state index contributed by atoms with van der Waals surface area (Å²) in [7, 11) is 0. The number of carbonyl (C=O) groups excluding carboxylic acids is 1. The molecule has 0 aliphatic heterocycles. The third kappa shape index (κ3) is 5.30. The van der Waals surface area contributed by atoms with E-state index in [0.29, 0.717) is 0 Å². The maximum Gasteiger partial charge on any atom is 0.246 e. The number of hydrogen-bond acceptors (Lipinski definition) is 2. The molecule has 0 bridgehead atoms. The van der Waals surface area contributed by atoms with Crippen molar-refractivity contribution in [2.45, 2.75) is 18.9 Å². The van der Waals surface area contributed by atoms with Crippen molar-refractivity contribution in [2.75, 3.05) is 11.9 Å². The molecule has 3 rings (SSSR count). The summed E-state index contributed by atoms with van der Waals surface area (Å²) in [6.45, 7) is 0.774. The van der Waals surface area contributed by atoms with Crippen LogP contribution in [0.4, 0.5) is 5.69 Å². The van der Waals surface area contributed by atoms with Crippen LogP contribution in [-0.2, 0) is 11.2 Å². The van der Waals surface area contributed by atoms with Crippen LogP contribution in [0.1, 0.15) is 23.6 Å². The normalized spacial score (nSPS) is 11.7. The molecule has 0 heterocycles. The molecular formula is C23H24N2O. The van der Waals surface area contributed by atoms with Gasteiger partial charge in [0.25, 0.3) is 0 Å². The summed E-state index contributed by atoms with van der Waals surface area (Å²) in [5, 5.41) is 6.41. The Bertz CT molecular complexity index is 788. The summed E-state index contributed by atoms with van der Waals surface area (Å²) in [5.74, 6) is -0.0397. The molecule has 1 atom stereocenters. The molecule has 0 spiro atoms. The smallest absolute Gasteiger partial charge is 0.246 e. The van der Waals surface area contributed by atoms with Gasteiger partial charge in [-0.25, -0.2) is 0 Å². The van der Waals surface area contributed by atoms with E-state index in [9.17, 15) is 4.79 Å². The van der Waals surface area contributed by atoms with Crippen LogP contribution in [0.3, 0.4) is 0 Å². The number of rotatable bonds is 8. The second-order valence-electron chi connectivity index (χ2n) is 6.24. The molecule has 0 fully saturated rings. The van der Waals surface area contributed by atoms with Gasteiger partial charge in [-0.2, -0.15) is 0 Å². The van der Waals surface area contributed by atoms with Gasteiger partial charge < -0.3 is 10.6 Å². The maximum atomic E-state index is 12.8. The molecule has 1 amide bonds. The second kappa shape index (κ2) is 9.54. The van der Waals surface area contributed by atoms with E-state index in [0.717, 1.165) is 30.6 Å². The Balaban J connectivity index is 1.61. The van der Waals surface area contributed by atoms with Crippen LogP contribution in [0.25, 0.3) is 0 Å². The number of anilines is 1. The molecule has 0 saturated carbocycles. The van der Waals surface area contributed by atoms with E-state index in [1.807, 2.05) is 66.7 Å². The molecule has 3 aromatic rings. The number of benzene rings is 3. The van der Waals surface area contributed by atoms with Gasteiger partial charge in [0.2, 0.25) is 5.91 Å². The van der Waals surface area contributed by atoms with Gasteiger partial charge in [0, 0.05) is 5.69 Å². The lowest BCUT2D eigenvalue weighted by molar-refractivity contribution is -0.118. The van der Waals surface area contributed by atoms with Crippen LogP contribution in [-0.4, -0.2) is 12.5 Å². The number of para-hydroxylation sites is 1. The first-order valence-electron chi connectivity index (χ1n) is 9.01. The van der Waals surface area contributed by atoms with Gasteiger partial charge in [0.15, 0.2) is 0 Å². The summed E-state index contributed by atoms with van der Waals surface area (Å²) in [6.07, 6.45) is 1.97. The molecule has 0 aliphatic rings. The molecule has 0 aliphatic carbocycles. The summed E-state index contributed by atoms with van der Waals surface area (Å²) < 4.78 is 0. The number of amides is 1. The first-order valence-corrected chi connectivity index (χ1v) is 9.01. The van der Waals surface area contributed by atoms with Crippen molar-refractivity contribution < 1.29 is 4.79 Å². The monoisotopic (exact) mass is 344 g/mol. The summed E-state index contributed by atoms with van der Waals surface area (Å²) in [5.41, 5.74) is 3.10. The summed E-state index contributed by atoms with van der Waals surface area (Å²) >= 11 is 0. The quantitative estimate of drug-likeness (QED) is 0.587. The highest BCUT2D eigenvalue weighted by Crippen LogP contribution is 2.16. The Kier molecular flexibility index (Phi) is 6.57. The molecule has 3 aromatic carbocycles. The van der Waals surface area contributed by atoms with Gasteiger partial charge in [-0.3, -0.25) is 4.79 Å². The van der Waals surface area contributed by atoms with Gasteiger partial charge >= 0.3 is 0 Å². The molecular weight excluding hydrogens is 320 g/mol. The minimum atomic E-state index is -0.368. The SMILES string of the molecule is O=C(Nc1ccccc1)C(NCCCc1ccccc1)c1ccccc1. The van der Waals surface area contributed by atoms with Crippen molar-refractivity contribution in [1.29, 1.82) is 0 Å². The molecule has 3 nitrogen and oxygen atoms in total. The van der Waals surface area contributed by atoms with Crippen molar-refractivity contribution in [3.8, 4) is 0 Å². The molecule has 0 aromatic heterocycles. The second-order valence-corrected chi connectivity index (χ2v) is 6.24. The van der Waals surface area contributed by atoms with Crippen LogP contribution in [0.5, 0.6) is 0 Å². The van der Waals surface area contributed by atoms with E-state index in [-0.39, 0.29) is 11.9 Å². The summed E-state index contributed by atoms with van der Waals surface area (Å²) in [4.78, 5) is 12.8. The number of aryl methyl sites for hydroxylation is 1. The lowest BCUT2D eigenvalue weighted by Gasteiger charge is -2.19. The first kappa shape index (κ1) is 17.9. The highest BCUT2D eigenvalue weighted by Gasteiger charge is 2.19. The Morgan fingerprint density at radius 2 is 1.35 bits per heavy atom. The standard InChI is InChI=1S/C23H24N2O/c26-23(25-21-16-8-3-9-17-21)22(20-14-6-2-7-15-20)24-18-10-13-19-11-4-1-5-12-19/h1-9,11-12,14-17,22,24H,10,13,18H2,(H,25,26). The van der Waals surface area contributed by atoms with Gasteiger partial charge in [0.05, 0.1) is 0 Å². The molecule has 1 unspecified atom stereocenters.